The van der Waals surface area contributed by atoms with E-state index in [1.165, 1.54) is 11.8 Å². The minimum atomic E-state index is -0.241. The number of aromatic nitrogens is 3. The Bertz CT molecular complexity index is 1270. The van der Waals surface area contributed by atoms with Crippen LogP contribution in [0.3, 0.4) is 0 Å². The van der Waals surface area contributed by atoms with Crippen LogP contribution in [0.4, 0.5) is 0 Å². The summed E-state index contributed by atoms with van der Waals surface area (Å²) in [6.45, 7) is 4.52. The molecule has 34 heavy (non-hydrogen) atoms. The predicted molar refractivity (Wildman–Crippen MR) is 136 cm³/mol. The number of hydrogen-bond acceptors (Lipinski definition) is 6. The largest absolute Gasteiger partial charge is 0.493 e. The first-order chi connectivity index (χ1) is 16.7. The highest BCUT2D eigenvalue weighted by Crippen LogP contribution is 2.28. The number of nitrogens with one attached hydrogen (secondary N) is 1. The summed E-state index contributed by atoms with van der Waals surface area (Å²) >= 11 is 1.31. The summed E-state index contributed by atoms with van der Waals surface area (Å²) in [5, 5.41) is 13.5. The molecule has 172 valence electrons. The van der Waals surface area contributed by atoms with Crippen LogP contribution in [-0.2, 0) is 4.79 Å². The molecule has 1 N–H and O–H groups in total. The molecule has 0 aliphatic rings. The van der Waals surface area contributed by atoms with Gasteiger partial charge in [-0.05, 0) is 38.1 Å². The number of rotatable bonds is 9. The molecule has 7 nitrogen and oxygen atoms in total. The fourth-order valence-electron chi connectivity index (χ4n) is 3.27. The molecule has 1 heterocycles. The average Bonchev–Trinajstić information content (AvgIpc) is 3.29. The number of aryl methyl sites for hydroxylation is 1. The van der Waals surface area contributed by atoms with Crippen molar-refractivity contribution in [3.05, 3.63) is 90.0 Å². The lowest BCUT2D eigenvalue weighted by molar-refractivity contribution is -0.118. The maximum atomic E-state index is 12.5. The summed E-state index contributed by atoms with van der Waals surface area (Å²) < 4.78 is 7.54. The van der Waals surface area contributed by atoms with Crippen LogP contribution < -0.4 is 10.2 Å². The zero-order valence-corrected chi connectivity index (χ0v) is 19.8. The van der Waals surface area contributed by atoms with Gasteiger partial charge in [0, 0.05) is 16.8 Å². The monoisotopic (exact) mass is 471 g/mol. The summed E-state index contributed by atoms with van der Waals surface area (Å²) in [6, 6.07) is 25.5. The van der Waals surface area contributed by atoms with Gasteiger partial charge in [-0.15, -0.1) is 10.2 Å². The number of hydrazone groups is 1. The SMILES string of the molecule is CCOc1ccccc1/C=N\NC(=O)CSc1nnc(-c2ccccc2)n1-c1ccc(C)cc1. The fourth-order valence-corrected chi connectivity index (χ4v) is 4.02. The Morgan fingerprint density at radius 3 is 2.53 bits per heavy atom. The van der Waals surface area contributed by atoms with Crippen LogP contribution in [0.15, 0.2) is 89.1 Å². The van der Waals surface area contributed by atoms with Crippen molar-refractivity contribution in [1.82, 2.24) is 20.2 Å². The molecule has 0 atom stereocenters. The molecule has 0 unspecified atom stereocenters. The highest BCUT2D eigenvalue weighted by molar-refractivity contribution is 7.99. The van der Waals surface area contributed by atoms with Gasteiger partial charge in [0.2, 0.25) is 0 Å². The van der Waals surface area contributed by atoms with Crippen LogP contribution >= 0.6 is 11.8 Å². The maximum Gasteiger partial charge on any atom is 0.250 e. The molecule has 4 rings (SSSR count). The number of hydrogen-bond donors (Lipinski definition) is 1. The van der Waals surface area contributed by atoms with Crippen molar-refractivity contribution in [2.24, 2.45) is 5.10 Å². The third-order valence-electron chi connectivity index (χ3n) is 4.90. The molecule has 0 fully saturated rings. The Labute approximate surface area is 202 Å². The van der Waals surface area contributed by atoms with Crippen molar-refractivity contribution in [2.75, 3.05) is 12.4 Å². The van der Waals surface area contributed by atoms with E-state index in [1.807, 2.05) is 97.3 Å². The van der Waals surface area contributed by atoms with Crippen molar-refractivity contribution in [3.8, 4) is 22.8 Å². The predicted octanol–water partition coefficient (Wildman–Crippen LogP) is 4.88. The highest BCUT2D eigenvalue weighted by atomic mass is 32.2. The number of nitrogens with zero attached hydrogens (tertiary/aromatic N) is 4. The maximum absolute atomic E-state index is 12.5. The van der Waals surface area contributed by atoms with Gasteiger partial charge in [-0.3, -0.25) is 9.36 Å². The van der Waals surface area contributed by atoms with E-state index in [9.17, 15) is 4.79 Å². The molecule has 0 spiro atoms. The van der Waals surface area contributed by atoms with Gasteiger partial charge in [0.05, 0.1) is 18.6 Å². The Morgan fingerprint density at radius 1 is 1.03 bits per heavy atom. The minimum absolute atomic E-state index is 0.142. The Balaban J connectivity index is 1.48. The second-order valence-corrected chi connectivity index (χ2v) is 8.34. The van der Waals surface area contributed by atoms with Gasteiger partial charge in [-0.2, -0.15) is 5.10 Å². The summed E-state index contributed by atoms with van der Waals surface area (Å²) in [7, 11) is 0. The molecule has 0 radical (unpaired) electrons. The lowest BCUT2D eigenvalue weighted by atomic mass is 10.2. The fraction of sp³-hybridized carbons (Fsp3) is 0.154. The number of carbonyl (C=O) groups is 1. The van der Waals surface area contributed by atoms with Crippen LogP contribution in [-0.4, -0.2) is 39.2 Å². The second kappa shape index (κ2) is 11.3. The number of ether oxygens (including phenoxy) is 1. The standard InChI is InChI=1S/C26H25N5O2S/c1-3-33-23-12-8-7-11-21(23)17-27-28-24(32)18-34-26-30-29-25(20-9-5-4-6-10-20)31(26)22-15-13-19(2)14-16-22/h4-17H,3,18H2,1-2H3,(H,28,32)/b27-17-. The van der Waals surface area contributed by atoms with E-state index in [1.54, 1.807) is 6.21 Å². The smallest absolute Gasteiger partial charge is 0.250 e. The lowest BCUT2D eigenvalue weighted by Gasteiger charge is -2.10. The topological polar surface area (TPSA) is 81.4 Å². The summed E-state index contributed by atoms with van der Waals surface area (Å²) in [5.74, 6) is 1.34. The molecule has 0 bridgehead atoms. The van der Waals surface area contributed by atoms with Crippen molar-refractivity contribution in [3.63, 3.8) is 0 Å². The molecule has 8 heteroatoms. The first-order valence-corrected chi connectivity index (χ1v) is 11.9. The molecule has 0 saturated carbocycles. The lowest BCUT2D eigenvalue weighted by Crippen LogP contribution is -2.20. The number of thioether (sulfide) groups is 1. The van der Waals surface area contributed by atoms with E-state index in [-0.39, 0.29) is 11.7 Å². The zero-order chi connectivity index (χ0) is 23.8. The van der Waals surface area contributed by atoms with Gasteiger partial charge < -0.3 is 4.74 Å². The van der Waals surface area contributed by atoms with Gasteiger partial charge in [-0.1, -0.05) is 71.9 Å². The van der Waals surface area contributed by atoms with E-state index < -0.39 is 0 Å². The van der Waals surface area contributed by atoms with E-state index >= 15 is 0 Å². The molecule has 4 aromatic rings. The minimum Gasteiger partial charge on any atom is -0.493 e. The molecule has 0 saturated heterocycles. The number of carbonyl (C=O) groups excluding carboxylic acids is 1. The number of amides is 1. The normalized spacial score (nSPS) is 11.0. The second-order valence-electron chi connectivity index (χ2n) is 7.40. The molecule has 3 aromatic carbocycles. The van der Waals surface area contributed by atoms with E-state index in [0.717, 1.165) is 34.0 Å². The average molecular weight is 472 g/mol. The Kier molecular flexibility index (Phi) is 7.72. The molecular formula is C26H25N5O2S. The zero-order valence-electron chi connectivity index (χ0n) is 19.0. The Morgan fingerprint density at radius 2 is 1.76 bits per heavy atom. The third kappa shape index (κ3) is 5.71. The third-order valence-corrected chi connectivity index (χ3v) is 5.83. The summed E-state index contributed by atoms with van der Waals surface area (Å²) in [6.07, 6.45) is 1.58. The number of para-hydroxylation sites is 1. The molecular weight excluding hydrogens is 446 g/mol. The van der Waals surface area contributed by atoms with Crippen LogP contribution in [0, 0.1) is 6.92 Å². The van der Waals surface area contributed by atoms with Crippen LogP contribution in [0.5, 0.6) is 5.75 Å². The number of benzene rings is 3. The van der Waals surface area contributed by atoms with Crippen LogP contribution in [0.2, 0.25) is 0 Å². The van der Waals surface area contributed by atoms with Crippen LogP contribution in [0.1, 0.15) is 18.1 Å². The van der Waals surface area contributed by atoms with Gasteiger partial charge in [0.15, 0.2) is 11.0 Å². The Hall–Kier alpha value is -3.91. The van der Waals surface area contributed by atoms with Crippen molar-refractivity contribution in [2.45, 2.75) is 19.0 Å². The first-order valence-electron chi connectivity index (χ1n) is 10.9. The summed E-state index contributed by atoms with van der Waals surface area (Å²) in [5.41, 5.74) is 6.41. The quantitative estimate of drug-likeness (QED) is 0.214. The first kappa shape index (κ1) is 23.3. The van der Waals surface area contributed by atoms with Gasteiger partial charge >= 0.3 is 0 Å². The van der Waals surface area contributed by atoms with E-state index in [4.69, 9.17) is 4.74 Å². The van der Waals surface area contributed by atoms with Gasteiger partial charge in [-0.25, -0.2) is 5.43 Å². The van der Waals surface area contributed by atoms with Crippen molar-refractivity contribution >= 4 is 23.9 Å². The van der Waals surface area contributed by atoms with E-state index in [0.29, 0.717) is 11.8 Å². The van der Waals surface area contributed by atoms with Gasteiger partial charge in [0.25, 0.3) is 5.91 Å². The molecule has 0 aliphatic heterocycles. The molecule has 1 aromatic heterocycles. The molecule has 0 aliphatic carbocycles. The van der Waals surface area contributed by atoms with Crippen LogP contribution in [0.25, 0.3) is 17.1 Å². The van der Waals surface area contributed by atoms with Crippen molar-refractivity contribution < 1.29 is 9.53 Å². The summed E-state index contributed by atoms with van der Waals surface area (Å²) in [4.78, 5) is 12.5. The molecule has 1 amide bonds. The highest BCUT2D eigenvalue weighted by Gasteiger charge is 2.17. The van der Waals surface area contributed by atoms with E-state index in [2.05, 4.69) is 20.7 Å². The van der Waals surface area contributed by atoms with Gasteiger partial charge in [0.1, 0.15) is 5.75 Å². The van der Waals surface area contributed by atoms with Crippen molar-refractivity contribution in [1.29, 1.82) is 0 Å².